The minimum atomic E-state index is -4.31. The molecule has 3 aromatic carbocycles. The maximum atomic E-state index is 14.2. The highest BCUT2D eigenvalue weighted by Gasteiger charge is 2.34. The number of carbonyl (C=O) groups excluding carboxylic acids is 2. The first-order valence-corrected chi connectivity index (χ1v) is 16.2. The van der Waals surface area contributed by atoms with Gasteiger partial charge in [-0.3, -0.25) is 13.9 Å². The normalized spacial score (nSPS) is 14.3. The van der Waals surface area contributed by atoms with Crippen LogP contribution >= 0.6 is 23.2 Å². The summed E-state index contributed by atoms with van der Waals surface area (Å²) in [4.78, 5) is 29.0. The van der Waals surface area contributed by atoms with Gasteiger partial charge in [-0.15, -0.1) is 0 Å². The number of anilines is 1. The SMILES string of the molecule is CC[C@H](C(=O)NC1CCCC1)N(Cc1ccc(Cl)c(Cl)c1)C(=O)CN(c1ccc(F)cc1)S(=O)(=O)c1ccc(OC)cc1. The molecular formula is C31H34Cl2FN3O5S. The maximum Gasteiger partial charge on any atom is 0.264 e. The van der Waals surface area contributed by atoms with Gasteiger partial charge in [0, 0.05) is 12.6 Å². The number of ether oxygens (including phenoxy) is 1. The van der Waals surface area contributed by atoms with Crippen LogP contribution in [0.1, 0.15) is 44.6 Å². The highest BCUT2D eigenvalue weighted by Crippen LogP contribution is 2.28. The van der Waals surface area contributed by atoms with Crippen molar-refractivity contribution in [1.82, 2.24) is 10.2 Å². The smallest absolute Gasteiger partial charge is 0.264 e. The van der Waals surface area contributed by atoms with E-state index in [4.69, 9.17) is 27.9 Å². The van der Waals surface area contributed by atoms with Gasteiger partial charge in [0.25, 0.3) is 10.0 Å². The zero-order valence-corrected chi connectivity index (χ0v) is 26.3. The topological polar surface area (TPSA) is 96.0 Å². The van der Waals surface area contributed by atoms with Crippen molar-refractivity contribution in [3.8, 4) is 5.75 Å². The minimum absolute atomic E-state index is 0.0217. The fraction of sp³-hybridized carbons (Fsp3) is 0.355. The predicted octanol–water partition coefficient (Wildman–Crippen LogP) is 6.20. The molecule has 4 rings (SSSR count). The summed E-state index contributed by atoms with van der Waals surface area (Å²) >= 11 is 12.4. The number of rotatable bonds is 12. The molecule has 0 unspecified atom stereocenters. The number of sulfonamides is 1. The third-order valence-electron chi connectivity index (χ3n) is 7.47. The number of hydrogen-bond donors (Lipinski definition) is 1. The molecule has 0 aromatic heterocycles. The molecule has 3 aromatic rings. The summed E-state index contributed by atoms with van der Waals surface area (Å²) in [5, 5.41) is 3.68. The third-order valence-corrected chi connectivity index (χ3v) is 9.99. The van der Waals surface area contributed by atoms with E-state index in [1.165, 1.54) is 48.4 Å². The van der Waals surface area contributed by atoms with Crippen molar-refractivity contribution in [2.24, 2.45) is 0 Å². The fourth-order valence-corrected chi connectivity index (χ4v) is 6.87. The van der Waals surface area contributed by atoms with Crippen LogP contribution in [0.3, 0.4) is 0 Å². The van der Waals surface area contributed by atoms with E-state index in [2.05, 4.69) is 5.32 Å². The van der Waals surface area contributed by atoms with Crippen LogP contribution in [-0.4, -0.2) is 50.9 Å². The number of benzene rings is 3. The van der Waals surface area contributed by atoms with E-state index in [0.29, 0.717) is 16.3 Å². The lowest BCUT2D eigenvalue weighted by atomic mass is 10.1. The standard InChI is InChI=1S/C31H34Cl2FN3O5S/c1-3-29(31(39)35-23-6-4-5-7-23)36(19-21-8-17-27(32)28(33)18-21)30(38)20-37(24-11-9-22(34)10-12-24)43(40,41)26-15-13-25(42-2)14-16-26/h8-18,23,29H,3-7,19-20H2,1-2H3,(H,35,39)/t29-/m1/s1. The number of nitrogens with zero attached hydrogens (tertiary/aromatic N) is 2. The van der Waals surface area contributed by atoms with Crippen LogP contribution in [-0.2, 0) is 26.2 Å². The van der Waals surface area contributed by atoms with Crippen LogP contribution in [0.4, 0.5) is 10.1 Å². The van der Waals surface area contributed by atoms with Gasteiger partial charge in [0.05, 0.1) is 27.7 Å². The van der Waals surface area contributed by atoms with Gasteiger partial charge in [-0.2, -0.15) is 0 Å². The molecular weight excluding hydrogens is 616 g/mol. The van der Waals surface area contributed by atoms with Gasteiger partial charge in [-0.25, -0.2) is 12.8 Å². The second-order valence-corrected chi connectivity index (χ2v) is 13.0. The molecule has 0 aliphatic heterocycles. The third kappa shape index (κ3) is 7.99. The van der Waals surface area contributed by atoms with E-state index in [0.717, 1.165) is 42.1 Å². The summed E-state index contributed by atoms with van der Waals surface area (Å²) in [5.41, 5.74) is 0.699. The Hall–Kier alpha value is -3.34. The number of halogens is 3. The number of hydrogen-bond acceptors (Lipinski definition) is 5. The summed E-state index contributed by atoms with van der Waals surface area (Å²) in [7, 11) is -2.85. The van der Waals surface area contributed by atoms with Gasteiger partial charge in [-0.1, -0.05) is 49.0 Å². The zero-order chi connectivity index (χ0) is 31.1. The molecule has 0 saturated heterocycles. The fourth-order valence-electron chi connectivity index (χ4n) is 5.13. The summed E-state index contributed by atoms with van der Waals surface area (Å²) in [5.74, 6) is -1.04. The molecule has 0 radical (unpaired) electrons. The molecule has 230 valence electrons. The number of carbonyl (C=O) groups is 2. The van der Waals surface area contributed by atoms with Crippen LogP contribution in [0, 0.1) is 5.82 Å². The highest BCUT2D eigenvalue weighted by atomic mass is 35.5. The van der Waals surface area contributed by atoms with Crippen LogP contribution < -0.4 is 14.4 Å². The second kappa shape index (κ2) is 14.4. The monoisotopic (exact) mass is 649 g/mol. The van der Waals surface area contributed by atoms with E-state index < -0.39 is 34.3 Å². The Kier molecular flexibility index (Phi) is 10.9. The van der Waals surface area contributed by atoms with E-state index >= 15 is 0 Å². The first-order valence-electron chi connectivity index (χ1n) is 14.0. The van der Waals surface area contributed by atoms with Crippen molar-refractivity contribution in [1.29, 1.82) is 0 Å². The van der Waals surface area contributed by atoms with Gasteiger partial charge in [0.1, 0.15) is 24.2 Å². The van der Waals surface area contributed by atoms with Crippen LogP contribution in [0.2, 0.25) is 10.0 Å². The summed E-state index contributed by atoms with van der Waals surface area (Å²) < 4.78 is 47.8. The second-order valence-electron chi connectivity index (χ2n) is 10.3. The van der Waals surface area contributed by atoms with Crippen LogP contribution in [0.15, 0.2) is 71.6 Å². The van der Waals surface area contributed by atoms with E-state index in [1.54, 1.807) is 25.1 Å². The number of methoxy groups -OCH3 is 1. The average molecular weight is 651 g/mol. The Morgan fingerprint density at radius 1 is 1.00 bits per heavy atom. The molecule has 1 aliphatic carbocycles. The van der Waals surface area contributed by atoms with Gasteiger partial charge in [0.15, 0.2) is 0 Å². The van der Waals surface area contributed by atoms with Crippen molar-refractivity contribution >= 4 is 50.7 Å². The lowest BCUT2D eigenvalue weighted by Crippen LogP contribution is -2.53. The molecule has 1 aliphatic rings. The zero-order valence-electron chi connectivity index (χ0n) is 23.9. The quantitative estimate of drug-likeness (QED) is 0.252. The molecule has 1 atom stereocenters. The molecule has 2 amide bonds. The lowest BCUT2D eigenvalue weighted by Gasteiger charge is -2.34. The van der Waals surface area contributed by atoms with Crippen molar-refractivity contribution in [3.05, 3.63) is 88.2 Å². The van der Waals surface area contributed by atoms with Gasteiger partial charge in [0.2, 0.25) is 11.8 Å². The van der Waals surface area contributed by atoms with Crippen LogP contribution in [0.5, 0.6) is 5.75 Å². The Balaban J connectivity index is 1.72. The average Bonchev–Trinajstić information content (AvgIpc) is 3.51. The number of nitrogens with one attached hydrogen (secondary N) is 1. The molecule has 43 heavy (non-hydrogen) atoms. The number of amides is 2. The molecule has 1 N–H and O–H groups in total. The van der Waals surface area contributed by atoms with E-state index in [1.807, 2.05) is 0 Å². The highest BCUT2D eigenvalue weighted by molar-refractivity contribution is 7.92. The Bertz CT molecular complexity index is 1530. The molecule has 0 heterocycles. The Morgan fingerprint density at radius 2 is 1.65 bits per heavy atom. The van der Waals surface area contributed by atoms with E-state index in [9.17, 15) is 22.4 Å². The van der Waals surface area contributed by atoms with Gasteiger partial charge < -0.3 is 15.0 Å². The summed E-state index contributed by atoms with van der Waals surface area (Å²) in [6.07, 6.45) is 4.04. The molecule has 8 nitrogen and oxygen atoms in total. The van der Waals surface area contributed by atoms with Gasteiger partial charge >= 0.3 is 0 Å². The molecule has 0 spiro atoms. The molecule has 0 bridgehead atoms. The lowest BCUT2D eigenvalue weighted by molar-refractivity contribution is -0.140. The van der Waals surface area contributed by atoms with Gasteiger partial charge in [-0.05, 0) is 85.5 Å². The van der Waals surface area contributed by atoms with E-state index in [-0.39, 0.29) is 40.5 Å². The first kappa shape index (κ1) is 32.6. The van der Waals surface area contributed by atoms with Crippen molar-refractivity contribution in [2.75, 3.05) is 18.0 Å². The van der Waals surface area contributed by atoms with Crippen LogP contribution in [0.25, 0.3) is 0 Å². The molecule has 1 fully saturated rings. The Labute approximate surface area is 261 Å². The maximum absolute atomic E-state index is 14.2. The summed E-state index contributed by atoms with van der Waals surface area (Å²) in [6, 6.07) is 14.6. The summed E-state index contributed by atoms with van der Waals surface area (Å²) in [6.45, 7) is 1.13. The largest absolute Gasteiger partial charge is 0.497 e. The Morgan fingerprint density at radius 3 is 2.23 bits per heavy atom. The predicted molar refractivity (Wildman–Crippen MR) is 165 cm³/mol. The molecule has 12 heteroatoms. The minimum Gasteiger partial charge on any atom is -0.497 e. The van der Waals surface area contributed by atoms with Crippen molar-refractivity contribution < 1.29 is 27.1 Å². The molecule has 1 saturated carbocycles. The first-order chi connectivity index (χ1) is 20.5. The van der Waals surface area contributed by atoms with Crippen molar-refractivity contribution in [2.45, 2.75) is 62.6 Å². The van der Waals surface area contributed by atoms with Crippen molar-refractivity contribution in [3.63, 3.8) is 0 Å².